The molecule has 2 aliphatic heterocycles. The van der Waals surface area contributed by atoms with Gasteiger partial charge in [0.2, 0.25) is 0 Å². The molecule has 1 aromatic rings. The lowest BCUT2D eigenvalue weighted by atomic mass is 10.1. The monoisotopic (exact) mass is 287 g/mol. The third-order valence-electron chi connectivity index (χ3n) is 5.01. The van der Waals surface area contributed by atoms with Gasteiger partial charge in [-0.2, -0.15) is 0 Å². The number of hydrogen-bond acceptors (Lipinski definition) is 4. The molecule has 1 aliphatic carbocycles. The molecule has 0 bridgehead atoms. The highest BCUT2D eigenvalue weighted by Gasteiger charge is 2.41. The van der Waals surface area contributed by atoms with E-state index in [9.17, 15) is 0 Å². The molecule has 4 rings (SSSR count). The summed E-state index contributed by atoms with van der Waals surface area (Å²) in [6, 6.07) is 6.91. The minimum atomic E-state index is 0.405. The summed E-state index contributed by atoms with van der Waals surface area (Å²) in [5.41, 5.74) is 2.29. The number of nitrogens with zero attached hydrogens (tertiary/aromatic N) is 3. The summed E-state index contributed by atoms with van der Waals surface area (Å²) in [6.45, 7) is 8.52. The molecule has 0 amide bonds. The van der Waals surface area contributed by atoms with Crippen LogP contribution < -0.4 is 0 Å². The van der Waals surface area contributed by atoms with Gasteiger partial charge in [0.25, 0.3) is 0 Å². The highest BCUT2D eigenvalue weighted by Crippen LogP contribution is 2.33. The van der Waals surface area contributed by atoms with E-state index in [1.807, 2.05) is 0 Å². The Bertz CT molecular complexity index is 503. The summed E-state index contributed by atoms with van der Waals surface area (Å²) in [5, 5.41) is 0. The predicted molar refractivity (Wildman–Crippen MR) is 82.1 cm³/mol. The summed E-state index contributed by atoms with van der Waals surface area (Å²) >= 11 is 0. The number of aromatic nitrogens is 1. The molecular weight excluding hydrogens is 262 g/mol. The quantitative estimate of drug-likeness (QED) is 0.842. The predicted octanol–water partition coefficient (Wildman–Crippen LogP) is 1.69. The van der Waals surface area contributed by atoms with Gasteiger partial charge in [-0.05, 0) is 37.8 Å². The van der Waals surface area contributed by atoms with Gasteiger partial charge in [-0.1, -0.05) is 6.07 Å². The standard InChI is InChI=1S/C17H25N3O/c1-13-3-2-4-15(18-13)10-19-11-16-17(12-19)21-8-7-20(16)9-14-5-6-14/h2-4,14,16-17H,5-12H2,1H3/t16-,17+/m1/s1. The molecule has 0 radical (unpaired) electrons. The molecule has 1 aromatic heterocycles. The van der Waals surface area contributed by atoms with Crippen molar-refractivity contribution in [3.8, 4) is 0 Å². The van der Waals surface area contributed by atoms with Crippen molar-refractivity contribution in [2.24, 2.45) is 5.92 Å². The molecule has 4 heteroatoms. The molecule has 2 saturated heterocycles. The Balaban J connectivity index is 1.40. The molecule has 3 heterocycles. The van der Waals surface area contributed by atoms with Crippen molar-refractivity contribution in [1.82, 2.24) is 14.8 Å². The van der Waals surface area contributed by atoms with E-state index in [-0.39, 0.29) is 0 Å². The zero-order valence-electron chi connectivity index (χ0n) is 12.9. The van der Waals surface area contributed by atoms with Crippen LogP contribution in [0.25, 0.3) is 0 Å². The van der Waals surface area contributed by atoms with Crippen LogP contribution in [0.1, 0.15) is 24.2 Å². The van der Waals surface area contributed by atoms with Gasteiger partial charge in [-0.3, -0.25) is 14.8 Å². The van der Waals surface area contributed by atoms with E-state index in [2.05, 4.69) is 39.9 Å². The van der Waals surface area contributed by atoms with Crippen LogP contribution in [0.3, 0.4) is 0 Å². The molecule has 0 spiro atoms. The van der Waals surface area contributed by atoms with E-state index in [0.29, 0.717) is 12.1 Å². The number of aryl methyl sites for hydroxylation is 1. The second kappa shape index (κ2) is 5.67. The number of morpholine rings is 1. The zero-order valence-corrected chi connectivity index (χ0v) is 12.9. The fraction of sp³-hybridized carbons (Fsp3) is 0.706. The Morgan fingerprint density at radius 1 is 1.29 bits per heavy atom. The molecule has 0 unspecified atom stereocenters. The van der Waals surface area contributed by atoms with E-state index < -0.39 is 0 Å². The third-order valence-corrected chi connectivity index (χ3v) is 5.01. The minimum Gasteiger partial charge on any atom is -0.374 e. The Labute approximate surface area is 127 Å². The van der Waals surface area contributed by atoms with Crippen LogP contribution in [0.15, 0.2) is 18.2 Å². The first-order chi connectivity index (χ1) is 10.3. The van der Waals surface area contributed by atoms with Crippen LogP contribution in [0.2, 0.25) is 0 Å². The number of hydrogen-bond donors (Lipinski definition) is 0. The molecule has 114 valence electrons. The molecule has 0 aromatic carbocycles. The zero-order chi connectivity index (χ0) is 14.2. The van der Waals surface area contributed by atoms with Crippen LogP contribution in [-0.4, -0.2) is 59.7 Å². The van der Waals surface area contributed by atoms with Crippen molar-refractivity contribution in [3.05, 3.63) is 29.6 Å². The van der Waals surface area contributed by atoms with Crippen LogP contribution in [-0.2, 0) is 11.3 Å². The normalized spacial score (nSPS) is 30.5. The molecule has 4 nitrogen and oxygen atoms in total. The molecule has 2 atom stereocenters. The summed E-state index contributed by atoms with van der Waals surface area (Å²) in [6.07, 6.45) is 3.28. The van der Waals surface area contributed by atoms with E-state index in [1.165, 1.54) is 25.1 Å². The van der Waals surface area contributed by atoms with E-state index in [1.54, 1.807) is 0 Å². The number of fused-ring (bicyclic) bond motifs is 1. The lowest BCUT2D eigenvalue weighted by molar-refractivity contribution is -0.0485. The first-order valence-corrected chi connectivity index (χ1v) is 8.28. The lowest BCUT2D eigenvalue weighted by Gasteiger charge is -2.37. The maximum atomic E-state index is 6.02. The van der Waals surface area contributed by atoms with Crippen LogP contribution in [0.4, 0.5) is 0 Å². The summed E-state index contributed by atoms with van der Waals surface area (Å²) < 4.78 is 6.02. The SMILES string of the molecule is Cc1cccc(CN2C[C@@H]3OCCN(CC4CC4)[C@@H]3C2)n1. The average Bonchev–Trinajstić information content (AvgIpc) is 3.17. The van der Waals surface area contributed by atoms with Crippen molar-refractivity contribution >= 4 is 0 Å². The van der Waals surface area contributed by atoms with Crippen molar-refractivity contribution in [1.29, 1.82) is 0 Å². The molecule has 1 saturated carbocycles. The largest absolute Gasteiger partial charge is 0.374 e. The van der Waals surface area contributed by atoms with E-state index in [0.717, 1.165) is 44.4 Å². The second-order valence-corrected chi connectivity index (χ2v) is 6.88. The van der Waals surface area contributed by atoms with Crippen LogP contribution in [0.5, 0.6) is 0 Å². The third kappa shape index (κ3) is 3.12. The van der Waals surface area contributed by atoms with Gasteiger partial charge in [0.1, 0.15) is 0 Å². The van der Waals surface area contributed by atoms with E-state index >= 15 is 0 Å². The van der Waals surface area contributed by atoms with Crippen molar-refractivity contribution < 1.29 is 4.74 Å². The topological polar surface area (TPSA) is 28.6 Å². The lowest BCUT2D eigenvalue weighted by Crippen LogP contribution is -2.51. The summed E-state index contributed by atoms with van der Waals surface area (Å²) in [4.78, 5) is 9.84. The fourth-order valence-electron chi connectivity index (χ4n) is 3.74. The highest BCUT2D eigenvalue weighted by atomic mass is 16.5. The number of pyridine rings is 1. The fourth-order valence-corrected chi connectivity index (χ4v) is 3.74. The van der Waals surface area contributed by atoms with Crippen molar-refractivity contribution in [2.45, 2.75) is 38.5 Å². The van der Waals surface area contributed by atoms with Crippen LogP contribution in [0, 0.1) is 12.8 Å². The number of ether oxygens (including phenoxy) is 1. The molecule has 21 heavy (non-hydrogen) atoms. The summed E-state index contributed by atoms with van der Waals surface area (Å²) in [5.74, 6) is 0.969. The molecule has 0 N–H and O–H groups in total. The Morgan fingerprint density at radius 2 is 2.19 bits per heavy atom. The van der Waals surface area contributed by atoms with Gasteiger partial charge >= 0.3 is 0 Å². The Morgan fingerprint density at radius 3 is 3.00 bits per heavy atom. The van der Waals surface area contributed by atoms with Gasteiger partial charge in [0.05, 0.1) is 18.4 Å². The Kier molecular flexibility index (Phi) is 3.69. The highest BCUT2D eigenvalue weighted by molar-refractivity contribution is 5.10. The second-order valence-electron chi connectivity index (χ2n) is 6.88. The number of rotatable bonds is 4. The van der Waals surface area contributed by atoms with Crippen molar-refractivity contribution in [2.75, 3.05) is 32.8 Å². The first kappa shape index (κ1) is 13.7. The van der Waals surface area contributed by atoms with Gasteiger partial charge in [-0.25, -0.2) is 0 Å². The maximum Gasteiger partial charge on any atom is 0.0870 e. The minimum absolute atomic E-state index is 0.405. The summed E-state index contributed by atoms with van der Waals surface area (Å²) in [7, 11) is 0. The smallest absolute Gasteiger partial charge is 0.0870 e. The van der Waals surface area contributed by atoms with Gasteiger partial charge in [0, 0.05) is 44.5 Å². The molecular formula is C17H25N3O. The van der Waals surface area contributed by atoms with Gasteiger partial charge in [0.15, 0.2) is 0 Å². The Hall–Kier alpha value is -0.970. The van der Waals surface area contributed by atoms with Gasteiger partial charge < -0.3 is 4.74 Å². The van der Waals surface area contributed by atoms with E-state index in [4.69, 9.17) is 4.74 Å². The molecule has 3 fully saturated rings. The first-order valence-electron chi connectivity index (χ1n) is 8.28. The molecule has 3 aliphatic rings. The van der Waals surface area contributed by atoms with Crippen molar-refractivity contribution in [3.63, 3.8) is 0 Å². The van der Waals surface area contributed by atoms with Gasteiger partial charge in [-0.15, -0.1) is 0 Å². The number of likely N-dealkylation sites (tertiary alicyclic amines) is 1. The van der Waals surface area contributed by atoms with Crippen LogP contribution >= 0.6 is 0 Å². The average molecular weight is 287 g/mol. The maximum absolute atomic E-state index is 6.02.